The molecule has 19 heavy (non-hydrogen) atoms. The predicted molar refractivity (Wildman–Crippen MR) is 71.7 cm³/mol. The first kappa shape index (κ1) is 12.1. The molecule has 2 heterocycles. The molecular weight excluding hydrogens is 245 g/mol. The van der Waals surface area contributed by atoms with E-state index >= 15 is 0 Å². The normalized spacial score (nSPS) is 16.1. The van der Waals surface area contributed by atoms with Crippen LogP contribution in [0.3, 0.4) is 0 Å². The van der Waals surface area contributed by atoms with E-state index in [-0.39, 0.29) is 5.58 Å². The number of hydrogen-bond acceptors (Lipinski definition) is 3. The van der Waals surface area contributed by atoms with E-state index in [9.17, 15) is 9.50 Å². The van der Waals surface area contributed by atoms with E-state index in [1.54, 1.807) is 18.5 Å². The quantitative estimate of drug-likeness (QED) is 0.916. The summed E-state index contributed by atoms with van der Waals surface area (Å²) in [5.74, 6) is -0.405. The SMILES string of the molecule is CCc1coc2c(F)ccc([C@H](O)C3=NC=CC3)c12. The minimum absolute atomic E-state index is 0.208. The highest BCUT2D eigenvalue weighted by atomic mass is 19.1. The van der Waals surface area contributed by atoms with Crippen LogP contribution in [0.5, 0.6) is 0 Å². The molecule has 1 aromatic heterocycles. The third kappa shape index (κ3) is 1.88. The summed E-state index contributed by atoms with van der Waals surface area (Å²) in [7, 11) is 0. The molecule has 3 nitrogen and oxygen atoms in total. The van der Waals surface area contributed by atoms with Crippen molar-refractivity contribution in [1.82, 2.24) is 0 Å². The number of rotatable bonds is 3. The number of fused-ring (bicyclic) bond motifs is 1. The third-order valence-electron chi connectivity index (χ3n) is 3.45. The number of allylic oxidation sites excluding steroid dienone is 1. The average Bonchev–Trinajstić information content (AvgIpc) is 3.08. The Morgan fingerprint density at radius 2 is 2.32 bits per heavy atom. The number of aliphatic imine (C=N–C) groups is 1. The zero-order valence-corrected chi connectivity index (χ0v) is 10.6. The minimum atomic E-state index is -0.819. The Labute approximate surface area is 110 Å². The van der Waals surface area contributed by atoms with E-state index in [4.69, 9.17) is 4.42 Å². The van der Waals surface area contributed by atoms with Crippen molar-refractivity contribution in [2.75, 3.05) is 0 Å². The maximum atomic E-state index is 13.7. The molecule has 1 N–H and O–H groups in total. The van der Waals surface area contributed by atoms with Crippen molar-refractivity contribution in [3.63, 3.8) is 0 Å². The first-order chi connectivity index (χ1) is 9.22. The molecule has 0 unspecified atom stereocenters. The van der Waals surface area contributed by atoms with Crippen molar-refractivity contribution >= 4 is 16.7 Å². The Balaban J connectivity index is 2.17. The van der Waals surface area contributed by atoms with E-state index in [2.05, 4.69) is 4.99 Å². The van der Waals surface area contributed by atoms with Crippen LogP contribution in [0.15, 0.2) is 40.1 Å². The monoisotopic (exact) mass is 259 g/mol. The number of aryl methyl sites for hydroxylation is 1. The fourth-order valence-corrected chi connectivity index (χ4v) is 2.43. The molecule has 3 rings (SSSR count). The molecule has 1 aromatic carbocycles. The molecule has 1 aliphatic heterocycles. The molecule has 98 valence electrons. The summed E-state index contributed by atoms with van der Waals surface area (Å²) in [6, 6.07) is 2.94. The lowest BCUT2D eigenvalue weighted by Gasteiger charge is -2.13. The van der Waals surface area contributed by atoms with Crippen molar-refractivity contribution in [2.45, 2.75) is 25.9 Å². The Morgan fingerprint density at radius 1 is 1.47 bits per heavy atom. The lowest BCUT2D eigenvalue weighted by Crippen LogP contribution is -2.10. The number of furan rings is 1. The first-order valence-electron chi connectivity index (χ1n) is 6.30. The van der Waals surface area contributed by atoms with Gasteiger partial charge >= 0.3 is 0 Å². The van der Waals surface area contributed by atoms with Gasteiger partial charge in [0.2, 0.25) is 0 Å². The van der Waals surface area contributed by atoms with Crippen molar-refractivity contribution < 1.29 is 13.9 Å². The van der Waals surface area contributed by atoms with Crippen molar-refractivity contribution in [3.05, 3.63) is 47.6 Å². The van der Waals surface area contributed by atoms with Crippen LogP contribution in [0.25, 0.3) is 11.0 Å². The van der Waals surface area contributed by atoms with Gasteiger partial charge in [-0.2, -0.15) is 0 Å². The molecule has 0 fully saturated rings. The molecule has 0 saturated heterocycles. The highest BCUT2D eigenvalue weighted by Gasteiger charge is 2.22. The second-order valence-electron chi connectivity index (χ2n) is 4.57. The van der Waals surface area contributed by atoms with Gasteiger partial charge in [0, 0.05) is 18.0 Å². The van der Waals surface area contributed by atoms with E-state index < -0.39 is 11.9 Å². The summed E-state index contributed by atoms with van der Waals surface area (Å²) in [6.45, 7) is 1.97. The van der Waals surface area contributed by atoms with Gasteiger partial charge in [-0.1, -0.05) is 19.1 Å². The van der Waals surface area contributed by atoms with Crippen LogP contribution in [0.2, 0.25) is 0 Å². The maximum absolute atomic E-state index is 13.7. The van der Waals surface area contributed by atoms with Gasteiger partial charge in [0.25, 0.3) is 0 Å². The maximum Gasteiger partial charge on any atom is 0.170 e. The highest BCUT2D eigenvalue weighted by molar-refractivity contribution is 5.97. The number of halogens is 1. The van der Waals surface area contributed by atoms with Gasteiger partial charge in [0.05, 0.1) is 12.0 Å². The second-order valence-corrected chi connectivity index (χ2v) is 4.57. The summed E-state index contributed by atoms with van der Waals surface area (Å²) in [4.78, 5) is 4.14. The van der Waals surface area contributed by atoms with E-state index in [0.717, 1.165) is 12.0 Å². The topological polar surface area (TPSA) is 45.7 Å². The van der Waals surface area contributed by atoms with E-state index in [1.807, 2.05) is 13.0 Å². The van der Waals surface area contributed by atoms with Crippen molar-refractivity contribution in [3.8, 4) is 0 Å². The molecule has 0 saturated carbocycles. The molecule has 2 aromatic rings. The molecule has 1 atom stereocenters. The number of aliphatic hydroxyl groups is 1. The van der Waals surface area contributed by atoms with Crippen LogP contribution >= 0.6 is 0 Å². The second kappa shape index (κ2) is 4.63. The molecule has 1 aliphatic rings. The molecule has 0 radical (unpaired) electrons. The van der Waals surface area contributed by atoms with Crippen LogP contribution < -0.4 is 0 Å². The summed E-state index contributed by atoms with van der Waals surface area (Å²) < 4.78 is 19.0. The van der Waals surface area contributed by atoms with Crippen LogP contribution in [-0.2, 0) is 6.42 Å². The largest absolute Gasteiger partial charge is 0.461 e. The van der Waals surface area contributed by atoms with Crippen LogP contribution in [0.4, 0.5) is 4.39 Å². The Kier molecular flexibility index (Phi) is 2.95. The van der Waals surface area contributed by atoms with Gasteiger partial charge in [0.15, 0.2) is 11.4 Å². The molecule has 4 heteroatoms. The molecular formula is C15H14FNO2. The lowest BCUT2D eigenvalue weighted by atomic mass is 9.97. The van der Waals surface area contributed by atoms with Gasteiger partial charge in [-0.25, -0.2) is 4.39 Å². The number of nitrogens with zero attached hydrogens (tertiary/aromatic N) is 1. The third-order valence-corrected chi connectivity index (χ3v) is 3.45. The Bertz CT molecular complexity index is 685. The zero-order valence-electron chi connectivity index (χ0n) is 10.6. The molecule has 0 bridgehead atoms. The number of benzene rings is 1. The summed E-state index contributed by atoms with van der Waals surface area (Å²) >= 11 is 0. The van der Waals surface area contributed by atoms with Crippen LogP contribution in [0.1, 0.15) is 30.6 Å². The fraction of sp³-hybridized carbons (Fsp3) is 0.267. The van der Waals surface area contributed by atoms with Gasteiger partial charge in [0.1, 0.15) is 6.10 Å². The van der Waals surface area contributed by atoms with Crippen LogP contribution in [0, 0.1) is 5.82 Å². The van der Waals surface area contributed by atoms with Crippen molar-refractivity contribution in [2.24, 2.45) is 4.99 Å². The number of hydrogen-bond donors (Lipinski definition) is 1. The highest BCUT2D eigenvalue weighted by Crippen LogP contribution is 2.33. The first-order valence-corrected chi connectivity index (χ1v) is 6.30. The summed E-state index contributed by atoms with van der Waals surface area (Å²) in [5.41, 5.74) is 2.44. The van der Waals surface area contributed by atoms with Gasteiger partial charge in [-0.15, -0.1) is 0 Å². The van der Waals surface area contributed by atoms with E-state index in [1.165, 1.54) is 6.07 Å². The minimum Gasteiger partial charge on any atom is -0.461 e. The standard InChI is InChI=1S/C15H14FNO2/c1-2-9-8-19-15-11(16)6-5-10(13(9)15)14(18)12-4-3-7-17-12/h3,5-8,14,18H,2,4H2,1H3/t14-/m0/s1. The Hall–Kier alpha value is -1.94. The zero-order chi connectivity index (χ0) is 13.4. The number of aliphatic hydroxyl groups excluding tert-OH is 1. The van der Waals surface area contributed by atoms with Crippen molar-refractivity contribution in [1.29, 1.82) is 0 Å². The summed E-state index contributed by atoms with van der Waals surface area (Å²) in [6.07, 6.45) is 5.64. The Morgan fingerprint density at radius 3 is 3.00 bits per heavy atom. The van der Waals surface area contributed by atoms with Crippen LogP contribution in [-0.4, -0.2) is 10.8 Å². The molecule has 0 aliphatic carbocycles. The van der Waals surface area contributed by atoms with Gasteiger partial charge < -0.3 is 9.52 Å². The lowest BCUT2D eigenvalue weighted by molar-refractivity contribution is 0.247. The fourth-order valence-electron chi connectivity index (χ4n) is 2.43. The predicted octanol–water partition coefficient (Wildman–Crippen LogP) is 3.53. The summed E-state index contributed by atoms with van der Waals surface area (Å²) in [5, 5.41) is 11.1. The van der Waals surface area contributed by atoms with E-state index in [0.29, 0.717) is 23.1 Å². The smallest absolute Gasteiger partial charge is 0.170 e. The van der Waals surface area contributed by atoms with Gasteiger partial charge in [-0.3, -0.25) is 4.99 Å². The average molecular weight is 259 g/mol. The molecule has 0 spiro atoms. The van der Waals surface area contributed by atoms with Gasteiger partial charge in [-0.05, 0) is 23.6 Å². The molecule has 0 amide bonds.